The molecule has 1 N–H and O–H groups in total. The van der Waals surface area contributed by atoms with Crippen molar-refractivity contribution in [3.05, 3.63) is 45.9 Å². The Morgan fingerprint density at radius 2 is 2.15 bits per heavy atom. The molecule has 1 fully saturated rings. The van der Waals surface area contributed by atoms with Gasteiger partial charge in [0.2, 0.25) is 5.91 Å². The molecule has 0 atom stereocenters. The summed E-state index contributed by atoms with van der Waals surface area (Å²) < 4.78 is 4.98. The highest BCUT2D eigenvalue weighted by atomic mass is 35.5. The number of rotatable bonds is 7. The van der Waals surface area contributed by atoms with Crippen LogP contribution in [0.2, 0.25) is 5.02 Å². The van der Waals surface area contributed by atoms with Crippen LogP contribution >= 0.6 is 22.9 Å². The minimum absolute atomic E-state index is 0.0453. The van der Waals surface area contributed by atoms with Crippen molar-refractivity contribution >= 4 is 45.9 Å². The topological polar surface area (TPSA) is 88.6 Å². The van der Waals surface area contributed by atoms with Crippen molar-refractivity contribution in [3.8, 4) is 0 Å². The monoisotopic (exact) mass is 407 g/mol. The number of esters is 1. The summed E-state index contributed by atoms with van der Waals surface area (Å²) in [7, 11) is 0. The van der Waals surface area contributed by atoms with Crippen LogP contribution in [0.1, 0.15) is 24.1 Å². The van der Waals surface area contributed by atoms with Crippen LogP contribution in [-0.2, 0) is 32.1 Å². The SMILES string of the molecule is O=C(COC(=O)Cc1csc(N2CCCC2=O)n1)NCc1ccccc1Cl. The number of aromatic nitrogens is 1. The lowest BCUT2D eigenvalue weighted by Crippen LogP contribution is -2.28. The zero-order valence-corrected chi connectivity index (χ0v) is 16.0. The van der Waals surface area contributed by atoms with Crippen molar-refractivity contribution in [2.75, 3.05) is 18.1 Å². The van der Waals surface area contributed by atoms with E-state index in [1.165, 1.54) is 11.3 Å². The van der Waals surface area contributed by atoms with Gasteiger partial charge in [0.05, 0.1) is 12.1 Å². The predicted molar refractivity (Wildman–Crippen MR) is 102 cm³/mol. The number of halogens is 1. The van der Waals surface area contributed by atoms with Crippen LogP contribution in [0.3, 0.4) is 0 Å². The molecule has 1 aliphatic rings. The van der Waals surface area contributed by atoms with Crippen molar-refractivity contribution in [3.63, 3.8) is 0 Å². The van der Waals surface area contributed by atoms with Gasteiger partial charge in [-0.1, -0.05) is 29.8 Å². The number of ether oxygens (including phenoxy) is 1. The van der Waals surface area contributed by atoms with Crippen LogP contribution in [0.25, 0.3) is 0 Å². The number of carbonyl (C=O) groups is 3. The molecule has 1 aromatic heterocycles. The molecule has 9 heteroatoms. The summed E-state index contributed by atoms with van der Waals surface area (Å²) in [6, 6.07) is 7.17. The smallest absolute Gasteiger partial charge is 0.312 e. The molecule has 0 bridgehead atoms. The zero-order chi connectivity index (χ0) is 19.2. The molecule has 1 aliphatic heterocycles. The summed E-state index contributed by atoms with van der Waals surface area (Å²) in [5.74, 6) is -0.911. The maximum absolute atomic E-state index is 11.9. The Labute approximate surface area is 165 Å². The van der Waals surface area contributed by atoms with E-state index in [0.29, 0.717) is 28.8 Å². The van der Waals surface area contributed by atoms with Crippen LogP contribution in [-0.4, -0.2) is 35.9 Å². The van der Waals surface area contributed by atoms with Crippen LogP contribution in [0.15, 0.2) is 29.6 Å². The van der Waals surface area contributed by atoms with Crippen molar-refractivity contribution in [1.29, 1.82) is 0 Å². The molecule has 0 saturated carbocycles. The molecule has 0 aliphatic carbocycles. The molecule has 1 aromatic carbocycles. The fourth-order valence-corrected chi connectivity index (χ4v) is 3.65. The molecule has 0 spiro atoms. The Hall–Kier alpha value is -2.45. The molecule has 2 heterocycles. The molecule has 0 unspecified atom stereocenters. The number of hydrogen-bond donors (Lipinski definition) is 1. The molecule has 2 aromatic rings. The maximum Gasteiger partial charge on any atom is 0.312 e. The van der Waals surface area contributed by atoms with Gasteiger partial charge >= 0.3 is 5.97 Å². The Kier molecular flexibility index (Phi) is 6.41. The van der Waals surface area contributed by atoms with E-state index in [1.54, 1.807) is 28.5 Å². The van der Waals surface area contributed by atoms with E-state index in [-0.39, 0.29) is 25.5 Å². The summed E-state index contributed by atoms with van der Waals surface area (Å²) in [5, 5.41) is 5.52. The largest absolute Gasteiger partial charge is 0.455 e. The van der Waals surface area contributed by atoms with Gasteiger partial charge in [-0.3, -0.25) is 19.3 Å². The number of amides is 2. The summed E-state index contributed by atoms with van der Waals surface area (Å²) in [5.41, 5.74) is 1.31. The van der Waals surface area contributed by atoms with Crippen molar-refractivity contribution in [2.45, 2.75) is 25.8 Å². The van der Waals surface area contributed by atoms with E-state index in [9.17, 15) is 14.4 Å². The second-order valence-electron chi connectivity index (χ2n) is 5.98. The molecule has 2 amide bonds. The first kappa shape index (κ1) is 19.3. The molecule has 7 nitrogen and oxygen atoms in total. The van der Waals surface area contributed by atoms with Crippen molar-refractivity contribution in [2.24, 2.45) is 0 Å². The highest BCUT2D eigenvalue weighted by Gasteiger charge is 2.24. The third-order valence-corrected chi connectivity index (χ3v) is 5.25. The third-order valence-electron chi connectivity index (χ3n) is 3.97. The molecular formula is C18H18ClN3O4S. The average molecular weight is 408 g/mol. The lowest BCUT2D eigenvalue weighted by Gasteiger charge is -2.10. The van der Waals surface area contributed by atoms with Crippen LogP contribution in [0, 0.1) is 0 Å². The number of nitrogens with zero attached hydrogens (tertiary/aromatic N) is 2. The number of anilines is 1. The normalized spacial score (nSPS) is 13.7. The maximum atomic E-state index is 11.9. The first-order valence-electron chi connectivity index (χ1n) is 8.43. The van der Waals surface area contributed by atoms with E-state index >= 15 is 0 Å². The molecule has 3 rings (SSSR count). The molecule has 142 valence electrons. The fraction of sp³-hybridized carbons (Fsp3) is 0.333. The van der Waals surface area contributed by atoms with Crippen LogP contribution < -0.4 is 10.2 Å². The predicted octanol–water partition coefficient (Wildman–Crippen LogP) is 2.33. The minimum atomic E-state index is -0.549. The van der Waals surface area contributed by atoms with Gasteiger partial charge in [-0.25, -0.2) is 4.98 Å². The first-order valence-corrected chi connectivity index (χ1v) is 9.69. The summed E-state index contributed by atoms with van der Waals surface area (Å²) >= 11 is 7.33. The van der Waals surface area contributed by atoms with Gasteiger partial charge < -0.3 is 10.1 Å². The van der Waals surface area contributed by atoms with Gasteiger partial charge in [0, 0.05) is 29.9 Å². The van der Waals surface area contributed by atoms with E-state index in [2.05, 4.69) is 10.3 Å². The lowest BCUT2D eigenvalue weighted by atomic mass is 10.2. The lowest BCUT2D eigenvalue weighted by molar-refractivity contribution is -0.147. The van der Waals surface area contributed by atoms with Gasteiger partial charge in [-0.2, -0.15) is 0 Å². The van der Waals surface area contributed by atoms with Crippen molar-refractivity contribution in [1.82, 2.24) is 10.3 Å². The number of carbonyl (C=O) groups excluding carboxylic acids is 3. The first-order chi connectivity index (χ1) is 13.0. The second-order valence-corrected chi connectivity index (χ2v) is 7.22. The number of hydrogen-bond acceptors (Lipinski definition) is 6. The molecule has 0 radical (unpaired) electrons. The Morgan fingerprint density at radius 3 is 2.89 bits per heavy atom. The Bertz CT molecular complexity index is 855. The van der Waals surface area contributed by atoms with E-state index in [4.69, 9.17) is 16.3 Å². The highest BCUT2D eigenvalue weighted by molar-refractivity contribution is 7.14. The van der Waals surface area contributed by atoms with Gasteiger partial charge in [0.15, 0.2) is 11.7 Å². The summed E-state index contributed by atoms with van der Waals surface area (Å²) in [4.78, 5) is 41.4. The van der Waals surface area contributed by atoms with Gasteiger partial charge in [0.1, 0.15) is 0 Å². The molecule has 1 saturated heterocycles. The molecule has 27 heavy (non-hydrogen) atoms. The number of nitrogens with one attached hydrogen (secondary N) is 1. The van der Waals surface area contributed by atoms with E-state index < -0.39 is 11.9 Å². The Morgan fingerprint density at radius 1 is 1.33 bits per heavy atom. The summed E-state index contributed by atoms with van der Waals surface area (Å²) in [6.07, 6.45) is 1.30. The third kappa shape index (κ3) is 5.27. The second kappa shape index (κ2) is 8.96. The Balaban J connectivity index is 1.42. The minimum Gasteiger partial charge on any atom is -0.455 e. The number of benzene rings is 1. The van der Waals surface area contributed by atoms with E-state index in [1.807, 2.05) is 6.07 Å². The van der Waals surface area contributed by atoms with Crippen LogP contribution in [0.5, 0.6) is 0 Å². The highest BCUT2D eigenvalue weighted by Crippen LogP contribution is 2.25. The van der Waals surface area contributed by atoms with Crippen LogP contribution in [0.4, 0.5) is 5.13 Å². The number of thiazole rings is 1. The van der Waals surface area contributed by atoms with Gasteiger partial charge in [0.25, 0.3) is 5.91 Å². The zero-order valence-electron chi connectivity index (χ0n) is 14.4. The quantitative estimate of drug-likeness (QED) is 0.711. The van der Waals surface area contributed by atoms with Gasteiger partial charge in [-0.15, -0.1) is 11.3 Å². The van der Waals surface area contributed by atoms with Gasteiger partial charge in [-0.05, 0) is 18.1 Å². The van der Waals surface area contributed by atoms with E-state index in [0.717, 1.165) is 12.0 Å². The molecular weight excluding hydrogens is 390 g/mol. The fourth-order valence-electron chi connectivity index (χ4n) is 2.58. The average Bonchev–Trinajstić information content (AvgIpc) is 3.28. The standard InChI is InChI=1S/C18H18ClN3O4S/c19-14-5-2-1-4-12(14)9-20-15(23)10-26-17(25)8-13-11-27-18(21-13)22-7-3-6-16(22)24/h1-2,4-5,11H,3,6-10H2,(H,20,23). The van der Waals surface area contributed by atoms with Crippen molar-refractivity contribution < 1.29 is 19.1 Å². The summed E-state index contributed by atoms with van der Waals surface area (Å²) in [6.45, 7) is 0.544.